The third-order valence-corrected chi connectivity index (χ3v) is 4.33. The van der Waals surface area contributed by atoms with Crippen molar-refractivity contribution < 1.29 is 14.3 Å². The van der Waals surface area contributed by atoms with Crippen molar-refractivity contribution in [2.45, 2.75) is 19.4 Å². The summed E-state index contributed by atoms with van der Waals surface area (Å²) in [5.41, 5.74) is 6.02. The van der Waals surface area contributed by atoms with Crippen LogP contribution in [0.4, 0.5) is 5.69 Å². The van der Waals surface area contributed by atoms with Crippen LogP contribution in [0, 0.1) is 0 Å². The standard InChI is InChI=1S/C12H18N2O3S2/c1-12(2,13)7-18-6-9(15)14-8-4-5-19-10(8)11(16)17-3/h4-5H,6-7,13H2,1-3H3,(H,14,15). The first-order valence-electron chi connectivity index (χ1n) is 5.66. The van der Waals surface area contributed by atoms with Crippen LogP contribution < -0.4 is 11.1 Å². The molecule has 19 heavy (non-hydrogen) atoms. The molecule has 0 atom stereocenters. The molecular formula is C12H18N2O3S2. The lowest BCUT2D eigenvalue weighted by Gasteiger charge is -2.17. The quantitative estimate of drug-likeness (QED) is 0.785. The lowest BCUT2D eigenvalue weighted by molar-refractivity contribution is -0.113. The summed E-state index contributed by atoms with van der Waals surface area (Å²) in [6.45, 7) is 3.82. The number of esters is 1. The van der Waals surface area contributed by atoms with Gasteiger partial charge < -0.3 is 15.8 Å². The van der Waals surface area contributed by atoms with Gasteiger partial charge in [0.25, 0.3) is 0 Å². The molecule has 7 heteroatoms. The van der Waals surface area contributed by atoms with Gasteiger partial charge in [-0.05, 0) is 25.3 Å². The Kier molecular flexibility index (Phi) is 5.84. The molecule has 0 fully saturated rings. The second-order valence-corrected chi connectivity index (χ2v) is 6.59. The highest BCUT2D eigenvalue weighted by molar-refractivity contribution is 8.00. The zero-order valence-electron chi connectivity index (χ0n) is 11.2. The number of nitrogens with one attached hydrogen (secondary N) is 1. The van der Waals surface area contributed by atoms with Gasteiger partial charge in [0.05, 0.1) is 18.6 Å². The zero-order valence-corrected chi connectivity index (χ0v) is 12.8. The lowest BCUT2D eigenvalue weighted by atomic mass is 10.1. The largest absolute Gasteiger partial charge is 0.465 e. The van der Waals surface area contributed by atoms with Crippen LogP contribution in [0.25, 0.3) is 0 Å². The van der Waals surface area contributed by atoms with Crippen molar-refractivity contribution in [1.82, 2.24) is 0 Å². The topological polar surface area (TPSA) is 81.4 Å². The van der Waals surface area contributed by atoms with E-state index in [9.17, 15) is 9.59 Å². The minimum atomic E-state index is -0.443. The number of thiophene rings is 1. The van der Waals surface area contributed by atoms with Crippen LogP contribution >= 0.6 is 23.1 Å². The number of hydrogen-bond donors (Lipinski definition) is 2. The van der Waals surface area contributed by atoms with Gasteiger partial charge in [-0.1, -0.05) is 0 Å². The Labute approximate surface area is 120 Å². The minimum absolute atomic E-state index is 0.155. The summed E-state index contributed by atoms with van der Waals surface area (Å²) >= 11 is 2.70. The van der Waals surface area contributed by atoms with E-state index in [2.05, 4.69) is 10.1 Å². The van der Waals surface area contributed by atoms with Crippen molar-refractivity contribution >= 4 is 40.7 Å². The maximum absolute atomic E-state index is 11.7. The van der Waals surface area contributed by atoms with Gasteiger partial charge in [0, 0.05) is 11.3 Å². The Bertz CT molecular complexity index is 452. The Hall–Kier alpha value is -1.05. The Morgan fingerprint density at radius 2 is 2.21 bits per heavy atom. The van der Waals surface area contributed by atoms with E-state index in [4.69, 9.17) is 5.73 Å². The molecule has 0 unspecified atom stereocenters. The fourth-order valence-electron chi connectivity index (χ4n) is 1.25. The number of thioether (sulfide) groups is 1. The van der Waals surface area contributed by atoms with Gasteiger partial charge in [-0.25, -0.2) is 4.79 Å². The molecule has 3 N–H and O–H groups in total. The summed E-state index contributed by atoms with van der Waals surface area (Å²) in [6, 6.07) is 1.69. The van der Waals surface area contributed by atoms with Crippen LogP contribution in [0.5, 0.6) is 0 Å². The molecule has 0 aromatic carbocycles. The number of ether oxygens (including phenoxy) is 1. The van der Waals surface area contributed by atoms with Crippen molar-refractivity contribution in [3.05, 3.63) is 16.3 Å². The highest BCUT2D eigenvalue weighted by Gasteiger charge is 2.16. The monoisotopic (exact) mass is 302 g/mol. The number of hydrogen-bond acceptors (Lipinski definition) is 6. The highest BCUT2D eigenvalue weighted by atomic mass is 32.2. The summed E-state index contributed by atoms with van der Waals surface area (Å²) in [5.74, 6) is 0.393. The summed E-state index contributed by atoms with van der Waals surface area (Å²) in [6.07, 6.45) is 0. The maximum Gasteiger partial charge on any atom is 0.350 e. The Morgan fingerprint density at radius 1 is 1.53 bits per heavy atom. The molecule has 1 aromatic heterocycles. The summed E-state index contributed by atoms with van der Waals surface area (Å²) in [7, 11) is 1.31. The van der Waals surface area contributed by atoms with Crippen molar-refractivity contribution in [2.24, 2.45) is 5.73 Å². The van der Waals surface area contributed by atoms with Gasteiger partial charge in [0.1, 0.15) is 4.88 Å². The SMILES string of the molecule is COC(=O)c1sccc1NC(=O)CSCC(C)(C)N. The van der Waals surface area contributed by atoms with Crippen LogP contribution in [0.1, 0.15) is 23.5 Å². The number of nitrogens with two attached hydrogens (primary N) is 1. The molecule has 0 spiro atoms. The predicted molar refractivity (Wildman–Crippen MR) is 79.9 cm³/mol. The summed E-state index contributed by atoms with van der Waals surface area (Å²) in [4.78, 5) is 23.6. The number of anilines is 1. The first kappa shape index (κ1) is 16.0. The van der Waals surface area contributed by atoms with Gasteiger partial charge in [-0.15, -0.1) is 11.3 Å². The molecule has 106 valence electrons. The molecule has 1 amide bonds. The van der Waals surface area contributed by atoms with Crippen molar-refractivity contribution in [3.63, 3.8) is 0 Å². The molecule has 1 heterocycles. The fraction of sp³-hybridized carbons (Fsp3) is 0.500. The van der Waals surface area contributed by atoms with E-state index < -0.39 is 5.97 Å². The van der Waals surface area contributed by atoms with E-state index in [1.54, 1.807) is 11.4 Å². The molecule has 1 rings (SSSR count). The van der Waals surface area contributed by atoms with E-state index in [1.165, 1.54) is 30.2 Å². The van der Waals surface area contributed by atoms with Crippen LogP contribution in [0.2, 0.25) is 0 Å². The number of methoxy groups -OCH3 is 1. The Balaban J connectivity index is 2.49. The van der Waals surface area contributed by atoms with Crippen LogP contribution in [0.3, 0.4) is 0 Å². The number of amides is 1. The molecule has 1 aromatic rings. The predicted octanol–water partition coefficient (Wildman–Crippen LogP) is 1.94. The van der Waals surface area contributed by atoms with E-state index >= 15 is 0 Å². The highest BCUT2D eigenvalue weighted by Crippen LogP contribution is 2.23. The van der Waals surface area contributed by atoms with Crippen molar-refractivity contribution in [1.29, 1.82) is 0 Å². The Morgan fingerprint density at radius 3 is 2.79 bits per heavy atom. The second-order valence-electron chi connectivity index (χ2n) is 4.68. The van der Waals surface area contributed by atoms with E-state index in [0.29, 0.717) is 22.1 Å². The molecule has 0 aliphatic rings. The molecule has 5 nitrogen and oxygen atoms in total. The van der Waals surface area contributed by atoms with Gasteiger partial charge in [0.2, 0.25) is 5.91 Å². The molecule has 0 radical (unpaired) electrons. The average Bonchev–Trinajstić information content (AvgIpc) is 2.74. The van der Waals surface area contributed by atoms with E-state index in [-0.39, 0.29) is 11.4 Å². The molecule has 0 saturated heterocycles. The first-order valence-corrected chi connectivity index (χ1v) is 7.69. The van der Waals surface area contributed by atoms with Crippen LogP contribution in [-0.4, -0.2) is 36.0 Å². The third kappa shape index (κ3) is 5.63. The molecular weight excluding hydrogens is 284 g/mol. The van der Waals surface area contributed by atoms with Crippen molar-refractivity contribution in [3.8, 4) is 0 Å². The van der Waals surface area contributed by atoms with E-state index in [1.807, 2.05) is 13.8 Å². The number of rotatable bonds is 6. The van der Waals surface area contributed by atoms with Gasteiger partial charge in [-0.3, -0.25) is 4.79 Å². The zero-order chi connectivity index (χ0) is 14.5. The van der Waals surface area contributed by atoms with Gasteiger partial charge >= 0.3 is 5.97 Å². The first-order chi connectivity index (χ1) is 8.83. The minimum Gasteiger partial charge on any atom is -0.465 e. The molecule has 0 aliphatic carbocycles. The van der Waals surface area contributed by atoms with Crippen molar-refractivity contribution in [2.75, 3.05) is 23.9 Å². The van der Waals surface area contributed by atoms with Crippen LogP contribution in [0.15, 0.2) is 11.4 Å². The molecule has 0 saturated carbocycles. The van der Waals surface area contributed by atoms with Gasteiger partial charge in [-0.2, -0.15) is 11.8 Å². The average molecular weight is 302 g/mol. The molecule has 0 bridgehead atoms. The maximum atomic E-state index is 11.7. The smallest absolute Gasteiger partial charge is 0.350 e. The molecule has 0 aliphatic heterocycles. The van der Waals surface area contributed by atoms with Gasteiger partial charge in [0.15, 0.2) is 0 Å². The van der Waals surface area contributed by atoms with E-state index in [0.717, 1.165) is 0 Å². The van der Waals surface area contributed by atoms with Crippen LogP contribution in [-0.2, 0) is 9.53 Å². The fourth-order valence-corrected chi connectivity index (χ4v) is 2.90. The third-order valence-electron chi connectivity index (χ3n) is 2.02. The normalized spacial score (nSPS) is 11.2. The summed E-state index contributed by atoms with van der Waals surface area (Å²) in [5, 5.41) is 4.44. The number of carbonyl (C=O) groups excluding carboxylic acids is 2. The second kappa shape index (κ2) is 6.93. The lowest BCUT2D eigenvalue weighted by Crippen LogP contribution is -2.35. The summed E-state index contributed by atoms with van der Waals surface area (Å²) < 4.78 is 4.64. The number of carbonyl (C=O) groups is 2.